The van der Waals surface area contributed by atoms with E-state index in [-0.39, 0.29) is 6.61 Å². The van der Waals surface area contributed by atoms with Gasteiger partial charge in [0.2, 0.25) is 0 Å². The molecule has 0 aromatic rings. The first-order valence-electron chi connectivity index (χ1n) is 5.30. The summed E-state index contributed by atoms with van der Waals surface area (Å²) >= 11 is 0. The van der Waals surface area contributed by atoms with Gasteiger partial charge in [-0.15, -0.1) is 0 Å². The number of rotatable bonds is 4. The van der Waals surface area contributed by atoms with Crippen molar-refractivity contribution in [1.29, 1.82) is 0 Å². The Bertz CT molecular complexity index is 135. The van der Waals surface area contributed by atoms with Crippen LogP contribution in [0.5, 0.6) is 0 Å². The van der Waals surface area contributed by atoms with Crippen LogP contribution in [0.25, 0.3) is 0 Å². The lowest BCUT2D eigenvalue weighted by Gasteiger charge is -2.34. The van der Waals surface area contributed by atoms with Gasteiger partial charge in [0, 0.05) is 18.6 Å². The van der Waals surface area contributed by atoms with Crippen molar-refractivity contribution in [3.63, 3.8) is 0 Å². The lowest BCUT2D eigenvalue weighted by atomic mass is 9.98. The van der Waals surface area contributed by atoms with E-state index in [4.69, 9.17) is 5.11 Å². The first-order valence-corrected chi connectivity index (χ1v) is 5.30. The van der Waals surface area contributed by atoms with Crippen molar-refractivity contribution in [2.75, 3.05) is 26.7 Å². The SMILES string of the molecule is CC(C1CCCCN1)N(C)CCO. The van der Waals surface area contributed by atoms with Crippen LogP contribution in [-0.2, 0) is 0 Å². The Morgan fingerprint density at radius 1 is 1.54 bits per heavy atom. The minimum absolute atomic E-state index is 0.258. The van der Waals surface area contributed by atoms with Crippen molar-refractivity contribution in [3.05, 3.63) is 0 Å². The molecule has 2 N–H and O–H groups in total. The molecule has 1 heterocycles. The van der Waals surface area contributed by atoms with E-state index in [1.807, 2.05) is 0 Å². The number of aliphatic hydroxyl groups is 1. The molecule has 0 bridgehead atoms. The third-order valence-corrected chi connectivity index (χ3v) is 3.08. The summed E-state index contributed by atoms with van der Waals surface area (Å²) in [5, 5.41) is 12.4. The van der Waals surface area contributed by atoms with Crippen LogP contribution in [0, 0.1) is 0 Å². The predicted molar refractivity (Wildman–Crippen MR) is 54.8 cm³/mol. The number of hydrogen-bond acceptors (Lipinski definition) is 3. The number of piperidine rings is 1. The van der Waals surface area contributed by atoms with E-state index in [1.54, 1.807) is 0 Å². The fourth-order valence-electron chi connectivity index (χ4n) is 1.96. The molecule has 1 fully saturated rings. The molecule has 3 nitrogen and oxygen atoms in total. The molecular formula is C10H22N2O. The molecule has 0 amide bonds. The van der Waals surface area contributed by atoms with Gasteiger partial charge < -0.3 is 10.4 Å². The van der Waals surface area contributed by atoms with Gasteiger partial charge >= 0.3 is 0 Å². The van der Waals surface area contributed by atoms with Crippen molar-refractivity contribution in [2.45, 2.75) is 38.3 Å². The Kier molecular flexibility index (Phi) is 4.70. The maximum Gasteiger partial charge on any atom is 0.0558 e. The van der Waals surface area contributed by atoms with E-state index in [0.29, 0.717) is 12.1 Å². The molecule has 1 aliphatic heterocycles. The topological polar surface area (TPSA) is 35.5 Å². The molecule has 78 valence electrons. The molecule has 0 spiro atoms. The number of nitrogens with one attached hydrogen (secondary N) is 1. The van der Waals surface area contributed by atoms with E-state index in [9.17, 15) is 0 Å². The second-order valence-corrected chi connectivity index (χ2v) is 4.00. The summed E-state index contributed by atoms with van der Waals surface area (Å²) < 4.78 is 0. The second-order valence-electron chi connectivity index (χ2n) is 4.00. The number of likely N-dealkylation sites (N-methyl/N-ethyl adjacent to an activating group) is 1. The first-order chi connectivity index (χ1) is 6.25. The van der Waals surface area contributed by atoms with E-state index < -0.39 is 0 Å². The first kappa shape index (κ1) is 11.0. The molecule has 2 atom stereocenters. The van der Waals surface area contributed by atoms with Gasteiger partial charge in [-0.25, -0.2) is 0 Å². The summed E-state index contributed by atoms with van der Waals surface area (Å²) in [6.45, 7) is 4.42. The lowest BCUT2D eigenvalue weighted by molar-refractivity contribution is 0.151. The fourth-order valence-corrected chi connectivity index (χ4v) is 1.96. The maximum atomic E-state index is 8.82. The highest BCUT2D eigenvalue weighted by atomic mass is 16.3. The smallest absolute Gasteiger partial charge is 0.0558 e. The summed E-state index contributed by atoms with van der Waals surface area (Å²) in [5.74, 6) is 0. The minimum Gasteiger partial charge on any atom is -0.395 e. The molecule has 0 saturated carbocycles. The van der Waals surface area contributed by atoms with Crippen LogP contribution >= 0.6 is 0 Å². The molecule has 13 heavy (non-hydrogen) atoms. The van der Waals surface area contributed by atoms with Crippen LogP contribution in [-0.4, -0.2) is 48.8 Å². The Labute approximate surface area is 81.1 Å². The Hall–Kier alpha value is -0.120. The van der Waals surface area contributed by atoms with Crippen molar-refractivity contribution in [3.8, 4) is 0 Å². The average molecular weight is 186 g/mol. The van der Waals surface area contributed by atoms with Crippen molar-refractivity contribution >= 4 is 0 Å². The van der Waals surface area contributed by atoms with Gasteiger partial charge in [-0.2, -0.15) is 0 Å². The monoisotopic (exact) mass is 186 g/mol. The summed E-state index contributed by atoms with van der Waals surface area (Å²) in [5.41, 5.74) is 0. The van der Waals surface area contributed by atoms with Crippen LogP contribution < -0.4 is 5.32 Å². The Morgan fingerprint density at radius 2 is 2.31 bits per heavy atom. The van der Waals surface area contributed by atoms with Crippen LogP contribution in [0.4, 0.5) is 0 Å². The van der Waals surface area contributed by atoms with Crippen LogP contribution in [0.15, 0.2) is 0 Å². The van der Waals surface area contributed by atoms with Gasteiger partial charge in [0.15, 0.2) is 0 Å². The van der Waals surface area contributed by atoms with E-state index >= 15 is 0 Å². The summed E-state index contributed by atoms with van der Waals surface area (Å²) in [6.07, 6.45) is 3.93. The molecule has 0 aliphatic carbocycles. The summed E-state index contributed by atoms with van der Waals surface area (Å²) in [6, 6.07) is 1.15. The highest BCUT2D eigenvalue weighted by Gasteiger charge is 2.21. The van der Waals surface area contributed by atoms with E-state index in [2.05, 4.69) is 24.2 Å². The molecule has 0 aromatic carbocycles. The molecular weight excluding hydrogens is 164 g/mol. The molecule has 0 aromatic heterocycles. The number of aliphatic hydroxyl groups excluding tert-OH is 1. The van der Waals surface area contributed by atoms with E-state index in [0.717, 1.165) is 13.1 Å². The largest absolute Gasteiger partial charge is 0.395 e. The van der Waals surface area contributed by atoms with Gasteiger partial charge in [0.05, 0.1) is 6.61 Å². The molecule has 1 saturated heterocycles. The lowest BCUT2D eigenvalue weighted by Crippen LogP contribution is -2.49. The van der Waals surface area contributed by atoms with E-state index in [1.165, 1.54) is 19.3 Å². The average Bonchev–Trinajstić information content (AvgIpc) is 2.18. The van der Waals surface area contributed by atoms with Crippen LogP contribution in [0.3, 0.4) is 0 Å². The van der Waals surface area contributed by atoms with Crippen molar-refractivity contribution < 1.29 is 5.11 Å². The minimum atomic E-state index is 0.258. The van der Waals surface area contributed by atoms with Crippen molar-refractivity contribution in [1.82, 2.24) is 10.2 Å². The highest BCUT2D eigenvalue weighted by molar-refractivity contribution is 4.82. The van der Waals surface area contributed by atoms with Crippen molar-refractivity contribution in [2.24, 2.45) is 0 Å². The molecule has 2 unspecified atom stereocenters. The highest BCUT2D eigenvalue weighted by Crippen LogP contribution is 2.13. The third-order valence-electron chi connectivity index (χ3n) is 3.08. The summed E-state index contributed by atoms with van der Waals surface area (Å²) in [7, 11) is 2.08. The zero-order valence-electron chi connectivity index (χ0n) is 8.79. The zero-order valence-corrected chi connectivity index (χ0v) is 8.79. The molecule has 1 rings (SSSR count). The zero-order chi connectivity index (χ0) is 9.68. The number of hydrogen-bond donors (Lipinski definition) is 2. The quantitative estimate of drug-likeness (QED) is 0.669. The molecule has 1 aliphatic rings. The Morgan fingerprint density at radius 3 is 2.85 bits per heavy atom. The normalized spacial score (nSPS) is 26.3. The summed E-state index contributed by atoms with van der Waals surface area (Å²) in [4.78, 5) is 2.23. The van der Waals surface area contributed by atoms with Gasteiger partial charge in [-0.1, -0.05) is 6.42 Å². The van der Waals surface area contributed by atoms with Crippen LogP contribution in [0.1, 0.15) is 26.2 Å². The van der Waals surface area contributed by atoms with Crippen LogP contribution in [0.2, 0.25) is 0 Å². The predicted octanol–water partition coefficient (Wildman–Crippen LogP) is 0.441. The van der Waals surface area contributed by atoms with Gasteiger partial charge in [0.1, 0.15) is 0 Å². The van der Waals surface area contributed by atoms with Gasteiger partial charge in [0.25, 0.3) is 0 Å². The maximum absolute atomic E-state index is 8.82. The standard InChI is InChI=1S/C10H22N2O/c1-9(12(2)7-8-13)10-5-3-4-6-11-10/h9-11,13H,3-8H2,1-2H3. The molecule has 3 heteroatoms. The fraction of sp³-hybridized carbons (Fsp3) is 1.00. The Balaban J connectivity index is 2.31. The molecule has 0 radical (unpaired) electrons. The number of nitrogens with zero attached hydrogens (tertiary/aromatic N) is 1. The van der Waals surface area contributed by atoms with Gasteiger partial charge in [-0.3, -0.25) is 4.90 Å². The second kappa shape index (κ2) is 5.58. The van der Waals surface area contributed by atoms with Gasteiger partial charge in [-0.05, 0) is 33.4 Å². The third kappa shape index (κ3) is 3.25.